The molecule has 0 radical (unpaired) electrons. The first kappa shape index (κ1) is 23.9. The summed E-state index contributed by atoms with van der Waals surface area (Å²) >= 11 is 1.22. The maximum atomic E-state index is 13.2. The molecule has 4 aromatic rings. The summed E-state index contributed by atoms with van der Waals surface area (Å²) in [5.74, 6) is 0.425. The summed E-state index contributed by atoms with van der Waals surface area (Å²) in [7, 11) is 1.58. The second kappa shape index (κ2) is 10.3. The summed E-state index contributed by atoms with van der Waals surface area (Å²) in [6.07, 6.45) is -0.0419. The predicted octanol–water partition coefficient (Wildman–Crippen LogP) is 2.90. The standard InChI is InChI=1S/C24H22N4O6S/c1-34-19-8-4-16(5-9-19)14-25-21(29)10-12-26-23(30)22-20(11-13-35-22)27(24(26)31)15-17-2-6-18(7-3-17)28(32)33/h2-9,11,13H,10,12,14-15H2,1H3,(H,25,29). The molecule has 2 aromatic carbocycles. The minimum Gasteiger partial charge on any atom is -0.497 e. The van der Waals surface area contributed by atoms with Crippen molar-refractivity contribution in [3.05, 3.63) is 102 Å². The molecule has 11 heteroatoms. The fourth-order valence-electron chi connectivity index (χ4n) is 3.63. The number of rotatable bonds is 9. The SMILES string of the molecule is COc1ccc(CNC(=O)CCn2c(=O)c3sccc3n(Cc3ccc([N+](=O)[O-])cc3)c2=O)cc1. The zero-order valence-electron chi connectivity index (χ0n) is 18.8. The molecule has 0 bridgehead atoms. The number of hydrogen-bond donors (Lipinski definition) is 1. The van der Waals surface area contributed by atoms with Gasteiger partial charge in [-0.25, -0.2) is 4.79 Å². The van der Waals surface area contributed by atoms with E-state index in [0.717, 1.165) is 10.1 Å². The Morgan fingerprint density at radius 1 is 1.03 bits per heavy atom. The minimum absolute atomic E-state index is 0.0419. The number of nitro benzene ring substituents is 1. The maximum Gasteiger partial charge on any atom is 0.331 e. The largest absolute Gasteiger partial charge is 0.497 e. The number of aromatic nitrogens is 2. The number of nitrogens with zero attached hydrogens (tertiary/aromatic N) is 3. The molecule has 4 rings (SSSR count). The van der Waals surface area contributed by atoms with Crippen molar-refractivity contribution in [1.29, 1.82) is 0 Å². The van der Waals surface area contributed by atoms with Crippen molar-refractivity contribution in [3.8, 4) is 5.75 Å². The molecule has 180 valence electrons. The van der Waals surface area contributed by atoms with E-state index in [1.165, 1.54) is 28.0 Å². The lowest BCUT2D eigenvalue weighted by Gasteiger charge is -2.12. The molecule has 0 spiro atoms. The molecular weight excluding hydrogens is 472 g/mol. The zero-order valence-corrected chi connectivity index (χ0v) is 19.6. The lowest BCUT2D eigenvalue weighted by molar-refractivity contribution is -0.384. The number of carbonyl (C=O) groups excluding carboxylic acids is 1. The first-order valence-electron chi connectivity index (χ1n) is 10.7. The van der Waals surface area contributed by atoms with Crippen LogP contribution in [0.5, 0.6) is 5.75 Å². The van der Waals surface area contributed by atoms with Gasteiger partial charge in [0.15, 0.2) is 0 Å². The summed E-state index contributed by atoms with van der Waals surface area (Å²) in [5.41, 5.74) is 1.02. The number of carbonyl (C=O) groups is 1. The third-order valence-corrected chi connectivity index (χ3v) is 6.43. The highest BCUT2D eigenvalue weighted by Gasteiger charge is 2.16. The van der Waals surface area contributed by atoms with Gasteiger partial charge in [-0.1, -0.05) is 24.3 Å². The molecule has 0 aliphatic carbocycles. The number of amides is 1. The van der Waals surface area contributed by atoms with Gasteiger partial charge in [0.25, 0.3) is 11.2 Å². The predicted molar refractivity (Wildman–Crippen MR) is 132 cm³/mol. The molecule has 2 heterocycles. The molecule has 0 unspecified atom stereocenters. The highest BCUT2D eigenvalue weighted by molar-refractivity contribution is 7.17. The number of benzene rings is 2. The van der Waals surface area contributed by atoms with Gasteiger partial charge in [-0.15, -0.1) is 11.3 Å². The van der Waals surface area contributed by atoms with Crippen LogP contribution in [0.1, 0.15) is 17.5 Å². The van der Waals surface area contributed by atoms with E-state index < -0.39 is 16.2 Å². The third-order valence-electron chi connectivity index (χ3n) is 5.54. The van der Waals surface area contributed by atoms with Crippen LogP contribution in [0.15, 0.2) is 69.6 Å². The Bertz CT molecular complexity index is 1490. The second-order valence-corrected chi connectivity index (χ2v) is 8.67. The Hall–Kier alpha value is -4.25. The van der Waals surface area contributed by atoms with E-state index in [9.17, 15) is 24.5 Å². The average molecular weight is 495 g/mol. The number of ether oxygens (including phenoxy) is 1. The molecule has 0 atom stereocenters. The highest BCUT2D eigenvalue weighted by Crippen LogP contribution is 2.18. The van der Waals surface area contributed by atoms with E-state index >= 15 is 0 Å². The van der Waals surface area contributed by atoms with Gasteiger partial charge in [0, 0.05) is 31.6 Å². The van der Waals surface area contributed by atoms with Crippen molar-refractivity contribution < 1.29 is 14.5 Å². The quantitative estimate of drug-likeness (QED) is 0.282. The van der Waals surface area contributed by atoms with Crippen molar-refractivity contribution in [2.75, 3.05) is 7.11 Å². The van der Waals surface area contributed by atoms with Crippen molar-refractivity contribution in [3.63, 3.8) is 0 Å². The number of thiophene rings is 1. The molecule has 2 aromatic heterocycles. The number of methoxy groups -OCH3 is 1. The summed E-state index contributed by atoms with van der Waals surface area (Å²) in [6, 6.07) is 14.9. The maximum absolute atomic E-state index is 13.2. The zero-order chi connectivity index (χ0) is 24.9. The van der Waals surface area contributed by atoms with E-state index in [1.807, 2.05) is 12.1 Å². The van der Waals surface area contributed by atoms with Gasteiger partial charge in [0.1, 0.15) is 10.4 Å². The Kier molecular flexibility index (Phi) is 7.06. The number of fused-ring (bicyclic) bond motifs is 1. The monoisotopic (exact) mass is 494 g/mol. The fourth-order valence-corrected chi connectivity index (χ4v) is 4.48. The van der Waals surface area contributed by atoms with Crippen LogP contribution in [0.3, 0.4) is 0 Å². The smallest absolute Gasteiger partial charge is 0.331 e. The number of hydrogen-bond acceptors (Lipinski definition) is 7. The van der Waals surface area contributed by atoms with Crippen molar-refractivity contribution in [1.82, 2.24) is 14.5 Å². The number of nitro groups is 1. The van der Waals surface area contributed by atoms with E-state index in [4.69, 9.17) is 4.74 Å². The molecule has 0 aliphatic heterocycles. The molecule has 0 saturated carbocycles. The van der Waals surface area contributed by atoms with Gasteiger partial charge in [-0.2, -0.15) is 0 Å². The van der Waals surface area contributed by atoms with Crippen molar-refractivity contribution in [2.24, 2.45) is 0 Å². The summed E-state index contributed by atoms with van der Waals surface area (Å²) in [6.45, 7) is 0.375. The van der Waals surface area contributed by atoms with Gasteiger partial charge in [-0.05, 0) is 34.7 Å². The third kappa shape index (κ3) is 5.30. The van der Waals surface area contributed by atoms with Crippen LogP contribution < -0.4 is 21.3 Å². The van der Waals surface area contributed by atoms with Crippen LogP contribution in [0.4, 0.5) is 5.69 Å². The van der Waals surface area contributed by atoms with Gasteiger partial charge in [0.2, 0.25) is 5.91 Å². The van der Waals surface area contributed by atoms with Crippen molar-refractivity contribution >= 4 is 33.1 Å². The lowest BCUT2D eigenvalue weighted by Crippen LogP contribution is -2.40. The molecule has 1 N–H and O–H groups in total. The van der Waals surface area contributed by atoms with E-state index in [2.05, 4.69) is 5.32 Å². The molecule has 35 heavy (non-hydrogen) atoms. The lowest BCUT2D eigenvalue weighted by atomic mass is 10.2. The van der Waals surface area contributed by atoms with Crippen LogP contribution in [-0.2, 0) is 24.4 Å². The van der Waals surface area contributed by atoms with Crippen LogP contribution in [0, 0.1) is 10.1 Å². The van der Waals surface area contributed by atoms with Crippen LogP contribution >= 0.6 is 11.3 Å². The molecular formula is C24H22N4O6S. The summed E-state index contributed by atoms with van der Waals surface area (Å²) in [4.78, 5) is 49.0. The molecule has 10 nitrogen and oxygen atoms in total. The van der Waals surface area contributed by atoms with E-state index in [1.54, 1.807) is 42.8 Å². The van der Waals surface area contributed by atoms with Gasteiger partial charge >= 0.3 is 5.69 Å². The summed E-state index contributed by atoms with van der Waals surface area (Å²) < 4.78 is 8.04. The van der Waals surface area contributed by atoms with Crippen LogP contribution in [0.25, 0.3) is 10.2 Å². The molecule has 0 fully saturated rings. The highest BCUT2D eigenvalue weighted by atomic mass is 32.1. The molecule has 1 amide bonds. The minimum atomic E-state index is -0.540. The van der Waals surface area contributed by atoms with E-state index in [-0.39, 0.29) is 31.1 Å². The number of non-ortho nitro benzene ring substituents is 1. The Morgan fingerprint density at radius 3 is 2.37 bits per heavy atom. The first-order chi connectivity index (χ1) is 16.9. The Labute approximate surface area is 203 Å². The normalized spacial score (nSPS) is 10.9. The Morgan fingerprint density at radius 2 is 1.71 bits per heavy atom. The average Bonchev–Trinajstić information content (AvgIpc) is 3.36. The van der Waals surface area contributed by atoms with Gasteiger partial charge < -0.3 is 10.1 Å². The van der Waals surface area contributed by atoms with E-state index in [0.29, 0.717) is 28.1 Å². The second-order valence-electron chi connectivity index (χ2n) is 7.76. The molecule has 0 saturated heterocycles. The Balaban J connectivity index is 1.51. The topological polar surface area (TPSA) is 125 Å². The van der Waals surface area contributed by atoms with Crippen LogP contribution in [0.2, 0.25) is 0 Å². The summed E-state index contributed by atoms with van der Waals surface area (Å²) in [5, 5.41) is 15.4. The fraction of sp³-hybridized carbons (Fsp3) is 0.208. The first-order valence-corrected chi connectivity index (χ1v) is 11.6. The van der Waals surface area contributed by atoms with Gasteiger partial charge in [-0.3, -0.25) is 28.8 Å². The number of nitrogens with one attached hydrogen (secondary N) is 1. The molecule has 0 aliphatic rings. The van der Waals surface area contributed by atoms with Crippen LogP contribution in [-0.4, -0.2) is 27.1 Å². The van der Waals surface area contributed by atoms with Gasteiger partial charge in [0.05, 0.1) is 24.1 Å². The van der Waals surface area contributed by atoms with Crippen molar-refractivity contribution in [2.45, 2.75) is 26.1 Å².